The van der Waals surface area contributed by atoms with Gasteiger partial charge in [0.2, 0.25) is 5.91 Å². The summed E-state index contributed by atoms with van der Waals surface area (Å²) in [7, 11) is 0. The third kappa shape index (κ3) is 3.11. The fourth-order valence-corrected chi connectivity index (χ4v) is 3.14. The van der Waals surface area contributed by atoms with E-state index < -0.39 is 5.41 Å². The van der Waals surface area contributed by atoms with Gasteiger partial charge in [0.15, 0.2) is 0 Å². The third-order valence-corrected chi connectivity index (χ3v) is 4.64. The molecule has 1 aliphatic rings. The highest BCUT2D eigenvalue weighted by Crippen LogP contribution is 2.44. The van der Waals surface area contributed by atoms with Crippen LogP contribution < -0.4 is 5.32 Å². The Morgan fingerprint density at radius 2 is 1.74 bits per heavy atom. The first kappa shape index (κ1) is 15.7. The summed E-state index contributed by atoms with van der Waals surface area (Å²) in [6, 6.07) is 12.7. The molecule has 4 heteroatoms. The topological polar surface area (TPSA) is 29.1 Å². The number of carbonyl (C=O) groups is 1. The number of amides is 1. The highest BCUT2D eigenvalue weighted by atomic mass is 19.1. The first-order valence-electron chi connectivity index (χ1n) is 7.90. The Labute approximate surface area is 134 Å². The van der Waals surface area contributed by atoms with E-state index in [1.807, 2.05) is 0 Å². The Morgan fingerprint density at radius 3 is 2.35 bits per heavy atom. The molecule has 2 aromatic carbocycles. The fraction of sp³-hybridized carbons (Fsp3) is 0.316. The van der Waals surface area contributed by atoms with E-state index >= 15 is 0 Å². The molecule has 1 amide bonds. The lowest BCUT2D eigenvalue weighted by Gasteiger charge is -2.40. The number of nitrogens with one attached hydrogen (secondary N) is 1. The van der Waals surface area contributed by atoms with Crippen molar-refractivity contribution in [2.45, 2.75) is 31.1 Å². The SMILES string of the molecule is O=C(NCCc1ccc(F)cc1)C1(c2ccccc2F)CCC1. The number of rotatable bonds is 5. The molecule has 2 nitrogen and oxygen atoms in total. The minimum Gasteiger partial charge on any atom is -0.355 e. The normalized spacial score (nSPS) is 15.7. The molecular weight excluding hydrogens is 296 g/mol. The maximum Gasteiger partial charge on any atom is 0.230 e. The Bertz CT molecular complexity index is 693. The summed E-state index contributed by atoms with van der Waals surface area (Å²) < 4.78 is 26.9. The molecule has 0 aromatic heterocycles. The second-order valence-electron chi connectivity index (χ2n) is 6.05. The zero-order valence-electron chi connectivity index (χ0n) is 12.8. The van der Waals surface area contributed by atoms with E-state index in [1.54, 1.807) is 30.3 Å². The molecule has 1 aliphatic carbocycles. The molecule has 1 fully saturated rings. The minimum atomic E-state index is -0.728. The van der Waals surface area contributed by atoms with E-state index in [2.05, 4.69) is 5.32 Å². The van der Waals surface area contributed by atoms with Gasteiger partial charge < -0.3 is 5.32 Å². The maximum atomic E-state index is 14.1. The van der Waals surface area contributed by atoms with Gasteiger partial charge in [0.1, 0.15) is 11.6 Å². The van der Waals surface area contributed by atoms with Gasteiger partial charge in [-0.05, 0) is 43.0 Å². The van der Waals surface area contributed by atoms with Crippen LogP contribution in [0.3, 0.4) is 0 Å². The quantitative estimate of drug-likeness (QED) is 0.894. The van der Waals surface area contributed by atoms with Gasteiger partial charge in [-0.1, -0.05) is 36.8 Å². The van der Waals surface area contributed by atoms with Crippen LogP contribution in [0.2, 0.25) is 0 Å². The van der Waals surface area contributed by atoms with Crippen molar-refractivity contribution in [3.63, 3.8) is 0 Å². The van der Waals surface area contributed by atoms with Gasteiger partial charge in [-0.25, -0.2) is 8.78 Å². The Balaban J connectivity index is 1.64. The first-order valence-corrected chi connectivity index (χ1v) is 7.90. The monoisotopic (exact) mass is 315 g/mol. The number of benzene rings is 2. The summed E-state index contributed by atoms with van der Waals surface area (Å²) in [5, 5.41) is 2.91. The van der Waals surface area contributed by atoms with Crippen LogP contribution in [0, 0.1) is 11.6 Å². The number of hydrogen-bond donors (Lipinski definition) is 1. The summed E-state index contributed by atoms with van der Waals surface area (Å²) in [6.45, 7) is 0.459. The van der Waals surface area contributed by atoms with Crippen LogP contribution in [-0.2, 0) is 16.6 Å². The van der Waals surface area contributed by atoms with Crippen LogP contribution >= 0.6 is 0 Å². The molecule has 120 valence electrons. The standard InChI is InChI=1S/C19H19F2NO/c20-15-8-6-14(7-9-15)10-13-22-18(23)19(11-3-12-19)16-4-1-2-5-17(16)21/h1-2,4-9H,3,10-13H2,(H,22,23). The maximum absolute atomic E-state index is 14.1. The van der Waals surface area contributed by atoms with Crippen molar-refractivity contribution in [2.75, 3.05) is 6.54 Å². The molecule has 1 N–H and O–H groups in total. The summed E-state index contributed by atoms with van der Waals surface area (Å²) in [5.41, 5.74) is 0.722. The van der Waals surface area contributed by atoms with Crippen molar-refractivity contribution in [3.8, 4) is 0 Å². The summed E-state index contributed by atoms with van der Waals surface area (Å²) >= 11 is 0. The second-order valence-corrected chi connectivity index (χ2v) is 6.05. The van der Waals surface area contributed by atoms with Crippen LogP contribution in [0.15, 0.2) is 48.5 Å². The van der Waals surface area contributed by atoms with E-state index in [4.69, 9.17) is 0 Å². The molecule has 1 saturated carbocycles. The summed E-state index contributed by atoms with van der Waals surface area (Å²) in [6.07, 6.45) is 2.91. The van der Waals surface area contributed by atoms with Crippen LogP contribution in [0.4, 0.5) is 8.78 Å². The molecule has 3 rings (SSSR count). The smallest absolute Gasteiger partial charge is 0.230 e. The average Bonchev–Trinajstić information content (AvgIpc) is 2.50. The molecule has 23 heavy (non-hydrogen) atoms. The lowest BCUT2D eigenvalue weighted by Crippen LogP contribution is -2.50. The predicted octanol–water partition coefficient (Wildman–Crippen LogP) is 3.75. The molecule has 0 saturated heterocycles. The van der Waals surface area contributed by atoms with E-state index in [1.165, 1.54) is 18.2 Å². The first-order chi connectivity index (χ1) is 11.1. The van der Waals surface area contributed by atoms with Crippen LogP contribution in [0.25, 0.3) is 0 Å². The van der Waals surface area contributed by atoms with E-state index in [0.717, 1.165) is 12.0 Å². The van der Waals surface area contributed by atoms with Gasteiger partial charge in [0.05, 0.1) is 5.41 Å². The van der Waals surface area contributed by atoms with Gasteiger partial charge in [-0.15, -0.1) is 0 Å². The number of carbonyl (C=O) groups excluding carboxylic acids is 1. The Hall–Kier alpha value is -2.23. The highest BCUT2D eigenvalue weighted by Gasteiger charge is 2.46. The minimum absolute atomic E-state index is 0.115. The molecule has 2 aromatic rings. The summed E-state index contributed by atoms with van der Waals surface area (Å²) in [4.78, 5) is 12.6. The molecule has 0 aliphatic heterocycles. The summed E-state index contributed by atoms with van der Waals surface area (Å²) in [5.74, 6) is -0.706. The lowest BCUT2D eigenvalue weighted by atomic mass is 9.63. The van der Waals surface area contributed by atoms with E-state index in [-0.39, 0.29) is 17.5 Å². The zero-order valence-corrected chi connectivity index (χ0v) is 12.8. The molecule has 0 unspecified atom stereocenters. The van der Waals surface area contributed by atoms with Gasteiger partial charge in [-0.3, -0.25) is 4.79 Å². The molecule has 0 radical (unpaired) electrons. The largest absolute Gasteiger partial charge is 0.355 e. The van der Waals surface area contributed by atoms with Crippen LogP contribution in [0.1, 0.15) is 30.4 Å². The molecule has 0 heterocycles. The van der Waals surface area contributed by atoms with Gasteiger partial charge >= 0.3 is 0 Å². The van der Waals surface area contributed by atoms with Crippen LogP contribution in [0.5, 0.6) is 0 Å². The van der Waals surface area contributed by atoms with Crippen molar-refractivity contribution in [1.29, 1.82) is 0 Å². The van der Waals surface area contributed by atoms with Gasteiger partial charge in [-0.2, -0.15) is 0 Å². The zero-order chi connectivity index (χ0) is 16.3. The molecule has 0 bridgehead atoms. The van der Waals surface area contributed by atoms with E-state index in [0.29, 0.717) is 31.4 Å². The fourth-order valence-electron chi connectivity index (χ4n) is 3.14. The number of halogens is 2. The van der Waals surface area contributed by atoms with Crippen molar-refractivity contribution >= 4 is 5.91 Å². The van der Waals surface area contributed by atoms with Gasteiger partial charge in [0, 0.05) is 12.1 Å². The van der Waals surface area contributed by atoms with Crippen molar-refractivity contribution in [2.24, 2.45) is 0 Å². The van der Waals surface area contributed by atoms with Crippen molar-refractivity contribution < 1.29 is 13.6 Å². The highest BCUT2D eigenvalue weighted by molar-refractivity contribution is 5.89. The molecule has 0 spiro atoms. The lowest BCUT2D eigenvalue weighted by molar-refractivity contribution is -0.130. The van der Waals surface area contributed by atoms with E-state index in [9.17, 15) is 13.6 Å². The Morgan fingerprint density at radius 1 is 1.04 bits per heavy atom. The Kier molecular flexibility index (Phi) is 4.42. The average molecular weight is 315 g/mol. The molecule has 0 atom stereocenters. The molecular formula is C19H19F2NO. The third-order valence-electron chi connectivity index (χ3n) is 4.64. The number of hydrogen-bond acceptors (Lipinski definition) is 1. The van der Waals surface area contributed by atoms with Crippen LogP contribution in [-0.4, -0.2) is 12.5 Å². The van der Waals surface area contributed by atoms with Crippen molar-refractivity contribution in [3.05, 3.63) is 71.3 Å². The van der Waals surface area contributed by atoms with Crippen molar-refractivity contribution in [1.82, 2.24) is 5.32 Å². The predicted molar refractivity (Wildman–Crippen MR) is 85.0 cm³/mol. The van der Waals surface area contributed by atoms with Gasteiger partial charge in [0.25, 0.3) is 0 Å². The second kappa shape index (κ2) is 6.49.